The predicted octanol–water partition coefficient (Wildman–Crippen LogP) is 5.02. The summed E-state index contributed by atoms with van der Waals surface area (Å²) in [6, 6.07) is 21.6. The van der Waals surface area contributed by atoms with Crippen LogP contribution in [0.2, 0.25) is 0 Å². The van der Waals surface area contributed by atoms with Crippen molar-refractivity contribution < 1.29 is 9.18 Å². The number of hydrogen-bond acceptors (Lipinski definition) is 2. The van der Waals surface area contributed by atoms with E-state index in [9.17, 15) is 9.18 Å². The van der Waals surface area contributed by atoms with Gasteiger partial charge in [-0.3, -0.25) is 4.79 Å². The number of fused-ring (bicyclic) bond motifs is 1. The maximum Gasteiger partial charge on any atom is 0.252 e. The fourth-order valence-corrected chi connectivity index (χ4v) is 3.55. The van der Waals surface area contributed by atoms with Crippen LogP contribution in [0.4, 0.5) is 4.39 Å². The summed E-state index contributed by atoms with van der Waals surface area (Å²) in [5, 5.41) is 3.04. The normalized spacial score (nSPS) is 12.1. The molecule has 1 unspecified atom stereocenters. The Bertz CT molecular complexity index is 1180. The van der Waals surface area contributed by atoms with Crippen molar-refractivity contribution in [1.82, 2.24) is 14.9 Å². The summed E-state index contributed by atoms with van der Waals surface area (Å²) < 4.78 is 16.3. The second-order valence-corrected chi connectivity index (χ2v) is 7.15. The Kier molecular flexibility index (Phi) is 5.12. The lowest BCUT2D eigenvalue weighted by Crippen LogP contribution is -2.29. The monoisotopic (exact) mass is 387 g/mol. The highest BCUT2D eigenvalue weighted by Gasteiger charge is 2.20. The van der Waals surface area contributed by atoms with Crippen molar-refractivity contribution in [2.45, 2.75) is 26.4 Å². The van der Waals surface area contributed by atoms with Crippen molar-refractivity contribution in [3.63, 3.8) is 0 Å². The lowest BCUT2D eigenvalue weighted by Gasteiger charge is -2.17. The minimum Gasteiger partial charge on any atom is -0.342 e. The number of amides is 1. The quantitative estimate of drug-likeness (QED) is 0.522. The van der Waals surface area contributed by atoms with Crippen LogP contribution in [0.5, 0.6) is 0 Å². The summed E-state index contributed by atoms with van der Waals surface area (Å²) in [5.74, 6) is 0.282. The molecule has 0 fully saturated rings. The number of carbonyl (C=O) groups excluding carboxylic acids is 1. The minimum absolute atomic E-state index is 0.153. The highest BCUT2D eigenvalue weighted by atomic mass is 19.1. The molecule has 0 radical (unpaired) electrons. The average Bonchev–Trinajstić information content (AvgIpc) is 3.08. The largest absolute Gasteiger partial charge is 0.342 e. The molecule has 5 heteroatoms. The van der Waals surface area contributed by atoms with Crippen LogP contribution in [0.3, 0.4) is 0 Å². The summed E-state index contributed by atoms with van der Waals surface area (Å²) in [4.78, 5) is 17.5. The van der Waals surface area contributed by atoms with E-state index in [0.29, 0.717) is 23.5 Å². The number of nitrogens with one attached hydrogen (secondary N) is 1. The predicted molar refractivity (Wildman–Crippen MR) is 112 cm³/mol. The van der Waals surface area contributed by atoms with E-state index >= 15 is 0 Å². The van der Waals surface area contributed by atoms with Crippen LogP contribution in [0.25, 0.3) is 11.0 Å². The van der Waals surface area contributed by atoms with Gasteiger partial charge in [0.1, 0.15) is 11.6 Å². The van der Waals surface area contributed by atoms with Crippen LogP contribution in [0.15, 0.2) is 72.8 Å². The van der Waals surface area contributed by atoms with Gasteiger partial charge in [0, 0.05) is 11.1 Å². The smallest absolute Gasteiger partial charge is 0.252 e. The van der Waals surface area contributed by atoms with Crippen LogP contribution in [-0.4, -0.2) is 15.5 Å². The van der Waals surface area contributed by atoms with Gasteiger partial charge in [-0.1, -0.05) is 48.5 Å². The van der Waals surface area contributed by atoms with Crippen molar-refractivity contribution in [2.24, 2.45) is 0 Å². The zero-order valence-corrected chi connectivity index (χ0v) is 16.4. The minimum atomic E-state index is -0.346. The molecule has 1 amide bonds. The van der Waals surface area contributed by atoms with Crippen LogP contribution >= 0.6 is 0 Å². The summed E-state index contributed by atoms with van der Waals surface area (Å²) in [6.45, 7) is 4.15. The van der Waals surface area contributed by atoms with Gasteiger partial charge in [-0.15, -0.1) is 0 Å². The van der Waals surface area contributed by atoms with Crippen molar-refractivity contribution in [3.05, 3.63) is 101 Å². The molecule has 1 atom stereocenters. The molecule has 1 heterocycles. The standard InChI is InChI=1S/C24H22FN3O/c1-16-9-3-5-11-19(16)24(29)26-17(2)23-27-21-13-7-8-14-22(21)28(23)15-18-10-4-6-12-20(18)25/h3-14,17H,15H2,1-2H3,(H,26,29). The first-order chi connectivity index (χ1) is 14.0. The number of imidazole rings is 1. The molecule has 0 aliphatic heterocycles. The SMILES string of the molecule is Cc1ccccc1C(=O)NC(C)c1nc2ccccc2n1Cc1ccccc1F. The molecule has 0 aliphatic carbocycles. The molecule has 0 spiro atoms. The Morgan fingerprint density at radius 2 is 1.72 bits per heavy atom. The van der Waals surface area contributed by atoms with Crippen LogP contribution in [0, 0.1) is 12.7 Å². The van der Waals surface area contributed by atoms with Gasteiger partial charge < -0.3 is 9.88 Å². The Morgan fingerprint density at radius 1 is 1.03 bits per heavy atom. The van der Waals surface area contributed by atoms with Crippen molar-refractivity contribution in [2.75, 3.05) is 0 Å². The molecular weight excluding hydrogens is 365 g/mol. The number of para-hydroxylation sites is 2. The number of carbonyl (C=O) groups is 1. The number of aryl methyl sites for hydroxylation is 1. The summed E-state index contributed by atoms with van der Waals surface area (Å²) in [5.41, 5.74) is 3.85. The highest BCUT2D eigenvalue weighted by molar-refractivity contribution is 5.95. The first-order valence-electron chi connectivity index (χ1n) is 9.59. The van der Waals surface area contributed by atoms with Crippen LogP contribution in [0.1, 0.15) is 40.3 Å². The number of aromatic nitrogens is 2. The Hall–Kier alpha value is -3.47. The number of halogens is 1. The molecule has 0 saturated heterocycles. The van der Waals surface area contributed by atoms with Crippen LogP contribution in [-0.2, 0) is 6.54 Å². The third-order valence-corrected chi connectivity index (χ3v) is 5.09. The molecule has 1 N–H and O–H groups in total. The van der Waals surface area contributed by atoms with Gasteiger partial charge in [0.25, 0.3) is 5.91 Å². The Morgan fingerprint density at radius 3 is 2.52 bits per heavy atom. The third-order valence-electron chi connectivity index (χ3n) is 5.09. The van der Waals surface area contributed by atoms with E-state index in [0.717, 1.165) is 16.6 Å². The number of nitrogens with zero attached hydrogens (tertiary/aromatic N) is 2. The topological polar surface area (TPSA) is 46.9 Å². The summed E-state index contributed by atoms with van der Waals surface area (Å²) in [7, 11) is 0. The van der Waals surface area contributed by atoms with Crippen LogP contribution < -0.4 is 5.32 Å². The van der Waals surface area contributed by atoms with E-state index in [1.165, 1.54) is 6.07 Å². The second kappa shape index (κ2) is 7.87. The van der Waals surface area contributed by atoms with E-state index in [2.05, 4.69) is 5.32 Å². The number of benzene rings is 3. The van der Waals surface area contributed by atoms with E-state index in [4.69, 9.17) is 4.98 Å². The molecular formula is C24H22FN3O. The first kappa shape index (κ1) is 18.9. The van der Waals surface area contributed by atoms with E-state index < -0.39 is 0 Å². The van der Waals surface area contributed by atoms with Gasteiger partial charge in [-0.05, 0) is 43.7 Å². The molecule has 0 aliphatic rings. The van der Waals surface area contributed by atoms with Gasteiger partial charge in [0.2, 0.25) is 0 Å². The van der Waals surface area contributed by atoms with E-state index in [1.807, 2.05) is 66.9 Å². The number of rotatable bonds is 5. The molecule has 4 aromatic rings. The molecule has 0 bridgehead atoms. The lowest BCUT2D eigenvalue weighted by molar-refractivity contribution is 0.0937. The molecule has 4 rings (SSSR count). The van der Waals surface area contributed by atoms with E-state index in [1.54, 1.807) is 18.2 Å². The van der Waals surface area contributed by atoms with Crippen molar-refractivity contribution in [3.8, 4) is 0 Å². The zero-order valence-electron chi connectivity index (χ0n) is 16.4. The molecule has 0 saturated carbocycles. The maximum absolute atomic E-state index is 14.3. The third kappa shape index (κ3) is 3.76. The highest BCUT2D eigenvalue weighted by Crippen LogP contribution is 2.23. The van der Waals surface area contributed by atoms with Crippen molar-refractivity contribution >= 4 is 16.9 Å². The zero-order chi connectivity index (χ0) is 20.4. The average molecular weight is 387 g/mol. The van der Waals surface area contributed by atoms with E-state index in [-0.39, 0.29) is 17.8 Å². The molecule has 29 heavy (non-hydrogen) atoms. The van der Waals surface area contributed by atoms with Gasteiger partial charge in [0.05, 0.1) is 23.6 Å². The maximum atomic E-state index is 14.3. The Labute approximate surface area is 169 Å². The summed E-state index contributed by atoms with van der Waals surface area (Å²) in [6.07, 6.45) is 0. The number of hydrogen-bond donors (Lipinski definition) is 1. The molecule has 1 aromatic heterocycles. The molecule has 146 valence electrons. The van der Waals surface area contributed by atoms with Crippen molar-refractivity contribution in [1.29, 1.82) is 0 Å². The van der Waals surface area contributed by atoms with Gasteiger partial charge >= 0.3 is 0 Å². The first-order valence-corrected chi connectivity index (χ1v) is 9.59. The van der Waals surface area contributed by atoms with Gasteiger partial charge in [-0.2, -0.15) is 0 Å². The fourth-order valence-electron chi connectivity index (χ4n) is 3.55. The molecule has 4 nitrogen and oxygen atoms in total. The molecule has 3 aromatic carbocycles. The van der Waals surface area contributed by atoms with Gasteiger partial charge in [0.15, 0.2) is 0 Å². The summed E-state index contributed by atoms with van der Waals surface area (Å²) >= 11 is 0. The van der Waals surface area contributed by atoms with Gasteiger partial charge in [-0.25, -0.2) is 9.37 Å². The lowest BCUT2D eigenvalue weighted by atomic mass is 10.1. The fraction of sp³-hybridized carbons (Fsp3) is 0.167. The Balaban J connectivity index is 1.70. The second-order valence-electron chi connectivity index (χ2n) is 7.15.